The van der Waals surface area contributed by atoms with Crippen LogP contribution < -0.4 is 20.1 Å². The van der Waals surface area contributed by atoms with E-state index in [1.165, 1.54) is 0 Å². The van der Waals surface area contributed by atoms with Gasteiger partial charge in [-0.3, -0.25) is 9.59 Å². The molecule has 4 N–H and O–H groups in total. The van der Waals surface area contributed by atoms with Gasteiger partial charge in [0.15, 0.2) is 0 Å². The summed E-state index contributed by atoms with van der Waals surface area (Å²) in [5.74, 6) is -0.177. The molecule has 2 amide bonds. The summed E-state index contributed by atoms with van der Waals surface area (Å²) < 4.78 is 137. The van der Waals surface area contributed by atoms with Crippen molar-refractivity contribution in [2.75, 3.05) is 252 Å². The third-order valence-corrected chi connectivity index (χ3v) is 19.9. The van der Waals surface area contributed by atoms with Crippen molar-refractivity contribution in [3.63, 3.8) is 0 Å². The van der Waals surface area contributed by atoms with Crippen molar-refractivity contribution in [3.8, 4) is 0 Å². The number of benzene rings is 4. The first-order valence-electron chi connectivity index (χ1n) is 35.6. The smallest absolute Gasteiger partial charge is 0.240 e. The van der Waals surface area contributed by atoms with Crippen LogP contribution in [0, 0.1) is 0 Å². The molecule has 2 aliphatic rings. The average molecular weight is 1600 g/mol. The van der Waals surface area contributed by atoms with Gasteiger partial charge in [0.1, 0.15) is 0 Å². The maximum absolute atomic E-state index is 12.8. The van der Waals surface area contributed by atoms with Crippen molar-refractivity contribution in [1.82, 2.24) is 29.9 Å². The van der Waals surface area contributed by atoms with Crippen molar-refractivity contribution in [2.45, 2.75) is 61.4 Å². The predicted octanol–water partition coefficient (Wildman–Crippen LogP) is 7.00. The summed E-state index contributed by atoms with van der Waals surface area (Å²) in [6.45, 7) is 20.8. The average Bonchev–Trinajstić information content (AvgIpc) is 0.782. The molecule has 0 aliphatic carbocycles. The van der Waals surface area contributed by atoms with Crippen LogP contribution in [-0.2, 0) is 114 Å². The molecule has 6 rings (SSSR count). The molecule has 2 heterocycles. The second kappa shape index (κ2) is 55.5. The van der Waals surface area contributed by atoms with E-state index in [1.54, 1.807) is 36.4 Å². The number of carbonyl (C=O) groups is 2. The quantitative estimate of drug-likeness (QED) is 0.0323. The lowest BCUT2D eigenvalue weighted by Crippen LogP contribution is -2.31. The molecule has 4 aromatic rings. The first-order chi connectivity index (χ1) is 50.9. The van der Waals surface area contributed by atoms with Gasteiger partial charge in [-0.05, 0) is 110 Å². The summed E-state index contributed by atoms with van der Waals surface area (Å²) in [4.78, 5) is 28.5. The summed E-state index contributed by atoms with van der Waals surface area (Å²) >= 11 is 25.6. The molecule has 2 unspecified atom stereocenters. The van der Waals surface area contributed by atoms with Crippen molar-refractivity contribution in [3.05, 3.63) is 126 Å². The summed E-state index contributed by atoms with van der Waals surface area (Å²) in [6.07, 6.45) is 0.518. The van der Waals surface area contributed by atoms with Crippen LogP contribution in [0.25, 0.3) is 0 Å². The zero-order valence-electron chi connectivity index (χ0n) is 61.2. The lowest BCUT2D eigenvalue weighted by molar-refractivity contribution is -0.123. The van der Waals surface area contributed by atoms with Crippen LogP contribution in [0.4, 0.5) is 0 Å². The molecule has 0 aromatic heterocycles. The van der Waals surface area contributed by atoms with Crippen LogP contribution in [0.15, 0.2) is 82.6 Å². The number of rotatable bonds is 59. The van der Waals surface area contributed by atoms with Crippen LogP contribution in [0.5, 0.6) is 0 Å². The second-order valence-corrected chi connectivity index (χ2v) is 29.1. The molecule has 2 atom stereocenters. The number of nitrogens with one attached hydrogen (secondary N) is 4. The fraction of sp³-hybridized carbons (Fsp3) is 0.639. The number of ether oxygens (including phenoxy) is 15. The molecular formula is C72H110Cl4N6O21S2. The zero-order valence-corrected chi connectivity index (χ0v) is 65.8. The Bertz CT molecular complexity index is 3250. The molecule has 4 aromatic carbocycles. The highest BCUT2D eigenvalue weighted by Crippen LogP contribution is 2.40. The van der Waals surface area contributed by atoms with Crippen molar-refractivity contribution >= 4 is 78.3 Å². The Morgan fingerprint density at radius 1 is 0.371 bits per heavy atom. The third-order valence-electron chi connectivity index (χ3n) is 15.8. The molecule has 2 aliphatic heterocycles. The summed E-state index contributed by atoms with van der Waals surface area (Å²) in [5, 5.41) is 7.99. The van der Waals surface area contributed by atoms with E-state index < -0.39 is 20.0 Å². The van der Waals surface area contributed by atoms with Crippen LogP contribution >= 0.6 is 46.4 Å². The molecule has 0 fully saturated rings. The number of fused-ring (bicyclic) bond motifs is 2. The van der Waals surface area contributed by atoms with Gasteiger partial charge >= 0.3 is 0 Å². The highest BCUT2D eigenvalue weighted by Gasteiger charge is 2.30. The molecule has 0 saturated heterocycles. The van der Waals surface area contributed by atoms with Gasteiger partial charge in [-0.25, -0.2) is 26.3 Å². The standard InChI is InChI=1S/C37H57Cl2N3O11S.C35H53Cl2N3O10S/c1-3-46-14-15-50-22-23-53-25-24-51-19-16-47-11-8-37(43)40-9-12-48-17-20-52-21-18-49-13-10-41-54(44,45)32-6-4-30(5-7-32)34-28-42(2)29-35-33(34)26-31(38)27-36(35)39;1-3-44-14-15-48-22-23-49-19-16-45-11-8-35(41)38-9-12-46-17-20-50-21-18-47-13-10-39-51(42,43)30-6-4-28(5-7-30)32-26-40(2)27-33-31(32)24-29(36)25-34(33)37/h4-7,26-27,34,41H,3,8-25,28-29H2,1-2H3,(H,40,43);4-7,24-25,32,39H,3,8-23,26-27H2,1-2H3,(H,38,41). The number of halogens is 4. The number of sulfonamides is 2. The van der Waals surface area contributed by atoms with E-state index in [0.29, 0.717) is 218 Å². The van der Waals surface area contributed by atoms with Gasteiger partial charge in [-0.15, -0.1) is 0 Å². The van der Waals surface area contributed by atoms with E-state index in [9.17, 15) is 26.4 Å². The topological polar surface area (TPSA) is 295 Å². The van der Waals surface area contributed by atoms with E-state index >= 15 is 0 Å². The van der Waals surface area contributed by atoms with E-state index in [4.69, 9.17) is 117 Å². The van der Waals surface area contributed by atoms with Gasteiger partial charge in [0, 0.05) is 110 Å². The second-order valence-electron chi connectivity index (χ2n) is 23.9. The maximum Gasteiger partial charge on any atom is 0.240 e. The van der Waals surface area contributed by atoms with Gasteiger partial charge in [0.2, 0.25) is 31.9 Å². The Morgan fingerprint density at radius 2 is 0.629 bits per heavy atom. The molecular weight excluding hydrogens is 1490 g/mol. The first kappa shape index (κ1) is 91.7. The number of hydrogen-bond donors (Lipinski definition) is 4. The van der Waals surface area contributed by atoms with Crippen LogP contribution in [0.3, 0.4) is 0 Å². The van der Waals surface area contributed by atoms with E-state index in [-0.39, 0.29) is 72.6 Å². The maximum atomic E-state index is 12.8. The highest BCUT2D eigenvalue weighted by atomic mass is 35.5. The fourth-order valence-corrected chi connectivity index (χ4v) is 13.8. The summed E-state index contributed by atoms with van der Waals surface area (Å²) in [6, 6.07) is 21.2. The van der Waals surface area contributed by atoms with Gasteiger partial charge in [-0.2, -0.15) is 0 Å². The van der Waals surface area contributed by atoms with Gasteiger partial charge in [0.05, 0.1) is 195 Å². The SMILES string of the molecule is CCOCCOCCOCCOCCC(=O)NCCOCCOCCOCCNS(=O)(=O)c1ccc(C2CN(C)Cc3c(Cl)cc(Cl)cc32)cc1.CCOCCOCCOCCOCCOCCC(=O)NCCOCCOCCOCCNS(=O)(=O)c1ccc(C2CN(C)Cc3c(Cl)cc(Cl)cc32)cc1. The predicted molar refractivity (Wildman–Crippen MR) is 401 cm³/mol. The Hall–Kier alpha value is -3.88. The minimum atomic E-state index is -3.70. The van der Waals surface area contributed by atoms with E-state index in [2.05, 4.69) is 29.9 Å². The van der Waals surface area contributed by atoms with Gasteiger partial charge in [-0.1, -0.05) is 70.7 Å². The van der Waals surface area contributed by atoms with Crippen LogP contribution in [-0.4, -0.2) is 290 Å². The Labute approximate surface area is 641 Å². The Morgan fingerprint density at radius 3 is 0.914 bits per heavy atom. The Kier molecular flexibility index (Phi) is 48.5. The summed E-state index contributed by atoms with van der Waals surface area (Å²) in [7, 11) is -3.34. The monoisotopic (exact) mass is 1600 g/mol. The number of nitrogens with zero attached hydrogens (tertiary/aromatic N) is 2. The van der Waals surface area contributed by atoms with E-state index in [0.717, 1.165) is 59.6 Å². The van der Waals surface area contributed by atoms with Crippen molar-refractivity contribution < 1.29 is 97.5 Å². The minimum absolute atomic E-state index is 0.0223. The number of likely N-dealkylation sites (N-methyl/N-ethyl adjacent to an activating group) is 2. The summed E-state index contributed by atoms with van der Waals surface area (Å²) in [5.41, 5.74) is 6.19. The molecule has 105 heavy (non-hydrogen) atoms. The van der Waals surface area contributed by atoms with Crippen LogP contribution in [0.2, 0.25) is 20.1 Å². The fourth-order valence-electron chi connectivity index (χ4n) is 10.6. The molecule has 0 bridgehead atoms. The first-order valence-corrected chi connectivity index (χ1v) is 40.1. The molecule has 33 heteroatoms. The third kappa shape index (κ3) is 39.0. The highest BCUT2D eigenvalue weighted by molar-refractivity contribution is 7.89. The van der Waals surface area contributed by atoms with Crippen molar-refractivity contribution in [2.24, 2.45) is 0 Å². The Balaban J connectivity index is 0.000000378. The number of carbonyl (C=O) groups excluding carboxylic acids is 2. The molecule has 0 spiro atoms. The minimum Gasteiger partial charge on any atom is -0.379 e. The van der Waals surface area contributed by atoms with Gasteiger partial charge in [0.25, 0.3) is 0 Å². The van der Waals surface area contributed by atoms with Gasteiger partial charge < -0.3 is 91.5 Å². The molecule has 0 radical (unpaired) electrons. The molecule has 594 valence electrons. The van der Waals surface area contributed by atoms with E-state index in [1.807, 2.05) is 64.3 Å². The number of hydrogen-bond acceptors (Lipinski definition) is 23. The molecule has 27 nitrogen and oxygen atoms in total. The number of amides is 2. The van der Waals surface area contributed by atoms with Crippen LogP contribution in [0.1, 0.15) is 71.9 Å². The van der Waals surface area contributed by atoms with Crippen molar-refractivity contribution in [1.29, 1.82) is 0 Å². The largest absolute Gasteiger partial charge is 0.379 e. The zero-order chi connectivity index (χ0) is 75.6. The normalized spacial score (nSPS) is 14.8. The lowest BCUT2D eigenvalue weighted by atomic mass is 9.85. The molecule has 0 saturated carbocycles. The lowest BCUT2D eigenvalue weighted by Gasteiger charge is -2.33.